The molecule has 0 aliphatic heterocycles. The van der Waals surface area contributed by atoms with Crippen LogP contribution < -0.4 is 10.0 Å². The highest BCUT2D eigenvalue weighted by atomic mass is 31.2. The highest BCUT2D eigenvalue weighted by Gasteiger charge is 2.31. The number of hydrogen-bond acceptors (Lipinski definition) is 2. The van der Waals surface area contributed by atoms with Crippen molar-refractivity contribution in [3.05, 3.63) is 23.8 Å². The van der Waals surface area contributed by atoms with Crippen molar-refractivity contribution in [2.75, 3.05) is 0 Å². The molecule has 1 rings (SSSR count). The summed E-state index contributed by atoms with van der Waals surface area (Å²) in [4.78, 5) is 17.7. The van der Waals surface area contributed by atoms with Gasteiger partial charge in [0, 0.05) is 0 Å². The molecule has 0 fully saturated rings. The van der Waals surface area contributed by atoms with Crippen LogP contribution in [0.2, 0.25) is 0 Å². The topological polar surface area (TPSA) is 66.8 Å². The quantitative estimate of drug-likeness (QED) is 0.790. The third kappa shape index (κ3) is 3.52. The highest BCUT2D eigenvalue weighted by Crippen LogP contribution is 2.35. The molecule has 0 unspecified atom stereocenters. The van der Waals surface area contributed by atoms with Gasteiger partial charge in [-0.05, 0) is 30.7 Å². The zero-order valence-electron chi connectivity index (χ0n) is 8.02. The Hall–Kier alpha value is -1.04. The molecule has 0 atom stereocenters. The van der Waals surface area contributed by atoms with Gasteiger partial charge in [0.2, 0.25) is 0 Å². The molecule has 90 valence electrons. The molecule has 0 amide bonds. The maximum atomic E-state index is 11.8. The molecular formula is C8H8F3O4P. The molecule has 0 bridgehead atoms. The van der Waals surface area contributed by atoms with Crippen LogP contribution in [-0.4, -0.2) is 16.1 Å². The van der Waals surface area contributed by atoms with Crippen LogP contribution in [0.5, 0.6) is 5.75 Å². The van der Waals surface area contributed by atoms with Gasteiger partial charge in [-0.3, -0.25) is 4.57 Å². The molecule has 0 saturated heterocycles. The van der Waals surface area contributed by atoms with Gasteiger partial charge in [0.1, 0.15) is 5.75 Å². The van der Waals surface area contributed by atoms with E-state index in [1.54, 1.807) is 0 Å². The maximum Gasteiger partial charge on any atom is 0.573 e. The number of halogens is 3. The van der Waals surface area contributed by atoms with E-state index < -0.39 is 19.7 Å². The fraction of sp³-hybridized carbons (Fsp3) is 0.250. The van der Waals surface area contributed by atoms with Crippen molar-refractivity contribution >= 4 is 12.9 Å². The van der Waals surface area contributed by atoms with Gasteiger partial charge >= 0.3 is 14.0 Å². The van der Waals surface area contributed by atoms with Crippen molar-refractivity contribution in [2.24, 2.45) is 0 Å². The SMILES string of the molecule is Cc1cc(OC(F)(F)F)ccc1P(=O)(O)O. The molecule has 0 aliphatic carbocycles. The predicted octanol–water partition coefficient (Wildman–Crippen LogP) is 1.70. The molecule has 1 aromatic rings. The minimum atomic E-state index is -4.82. The molecule has 4 nitrogen and oxygen atoms in total. The van der Waals surface area contributed by atoms with Crippen LogP contribution >= 0.6 is 7.60 Å². The molecule has 0 heterocycles. The summed E-state index contributed by atoms with van der Waals surface area (Å²) in [5, 5.41) is -0.318. The second-order valence-corrected chi connectivity index (χ2v) is 4.61. The second kappa shape index (κ2) is 4.08. The van der Waals surface area contributed by atoms with Crippen LogP contribution in [0.15, 0.2) is 18.2 Å². The van der Waals surface area contributed by atoms with E-state index in [1.807, 2.05) is 0 Å². The zero-order valence-corrected chi connectivity index (χ0v) is 8.92. The first-order valence-corrected chi connectivity index (χ1v) is 5.63. The van der Waals surface area contributed by atoms with Crippen molar-refractivity contribution in [1.82, 2.24) is 0 Å². The first-order valence-electron chi connectivity index (χ1n) is 4.02. The summed E-state index contributed by atoms with van der Waals surface area (Å²) in [6.45, 7) is 1.29. The van der Waals surface area contributed by atoms with E-state index >= 15 is 0 Å². The predicted molar refractivity (Wildman–Crippen MR) is 49.5 cm³/mol. The van der Waals surface area contributed by atoms with Crippen LogP contribution in [0.3, 0.4) is 0 Å². The first kappa shape index (κ1) is 13.0. The maximum absolute atomic E-state index is 11.8. The third-order valence-electron chi connectivity index (χ3n) is 1.72. The lowest BCUT2D eigenvalue weighted by Gasteiger charge is -2.12. The third-order valence-corrected chi connectivity index (χ3v) is 2.85. The van der Waals surface area contributed by atoms with Gasteiger partial charge in [0.15, 0.2) is 0 Å². The molecule has 0 spiro atoms. The van der Waals surface area contributed by atoms with Crippen LogP contribution in [-0.2, 0) is 4.57 Å². The number of alkyl halides is 3. The van der Waals surface area contributed by atoms with Crippen LogP contribution in [0, 0.1) is 6.92 Å². The fourth-order valence-corrected chi connectivity index (χ4v) is 1.94. The monoisotopic (exact) mass is 256 g/mol. The molecule has 0 saturated carbocycles. The minimum absolute atomic E-state index is 0.0371. The van der Waals surface area contributed by atoms with E-state index in [2.05, 4.69) is 4.74 Å². The Bertz CT molecular complexity index is 437. The molecule has 1 aromatic carbocycles. The summed E-state index contributed by atoms with van der Waals surface area (Å²) in [6, 6.07) is 2.69. The van der Waals surface area contributed by atoms with Gasteiger partial charge in [-0.15, -0.1) is 13.2 Å². The van der Waals surface area contributed by atoms with Gasteiger partial charge in [-0.1, -0.05) is 0 Å². The van der Waals surface area contributed by atoms with Gasteiger partial charge in [0.05, 0.1) is 5.30 Å². The van der Waals surface area contributed by atoms with E-state index in [0.29, 0.717) is 0 Å². The standard InChI is InChI=1S/C8H8F3O4P/c1-5-4-6(15-8(9,10)11)2-3-7(5)16(12,13)14/h2-4H,1H3,(H2,12,13,14). The molecule has 2 N–H and O–H groups in total. The Kier molecular flexibility index (Phi) is 3.33. The molecule has 0 aromatic heterocycles. The molecule has 0 radical (unpaired) electrons. The van der Waals surface area contributed by atoms with Crippen LogP contribution in [0.4, 0.5) is 13.2 Å². The summed E-state index contributed by atoms with van der Waals surface area (Å²) in [7, 11) is -4.46. The fourth-order valence-electron chi connectivity index (χ4n) is 1.15. The van der Waals surface area contributed by atoms with Gasteiger partial charge < -0.3 is 14.5 Å². The van der Waals surface area contributed by atoms with Gasteiger partial charge in [0.25, 0.3) is 0 Å². The Morgan fingerprint density at radius 3 is 2.25 bits per heavy atom. The lowest BCUT2D eigenvalue weighted by Crippen LogP contribution is -2.18. The molecule has 8 heteroatoms. The van der Waals surface area contributed by atoms with Crippen molar-refractivity contribution in [3.8, 4) is 5.75 Å². The smallest absolute Gasteiger partial charge is 0.406 e. The summed E-state index contributed by atoms with van der Waals surface area (Å²) in [5.41, 5.74) is 0.0371. The van der Waals surface area contributed by atoms with E-state index in [4.69, 9.17) is 9.79 Å². The second-order valence-electron chi connectivity index (χ2n) is 3.04. The highest BCUT2D eigenvalue weighted by molar-refractivity contribution is 7.60. The Morgan fingerprint density at radius 1 is 1.31 bits per heavy atom. The normalized spacial score (nSPS) is 12.6. The Morgan fingerprint density at radius 2 is 1.88 bits per heavy atom. The van der Waals surface area contributed by atoms with Gasteiger partial charge in [-0.2, -0.15) is 0 Å². The summed E-state index contributed by atoms with van der Waals surface area (Å²) < 4.78 is 50.0. The van der Waals surface area contributed by atoms with Crippen molar-refractivity contribution in [3.63, 3.8) is 0 Å². The van der Waals surface area contributed by atoms with Crippen molar-refractivity contribution < 1.29 is 32.3 Å². The summed E-state index contributed by atoms with van der Waals surface area (Å²) in [6.07, 6.45) is -4.82. The Balaban J connectivity index is 3.06. The number of aryl methyl sites for hydroxylation is 1. The molecule has 16 heavy (non-hydrogen) atoms. The largest absolute Gasteiger partial charge is 0.573 e. The lowest BCUT2D eigenvalue weighted by atomic mass is 10.2. The first-order chi connectivity index (χ1) is 7.09. The zero-order chi connectivity index (χ0) is 12.6. The molecular weight excluding hydrogens is 248 g/mol. The van der Waals surface area contributed by atoms with Crippen molar-refractivity contribution in [2.45, 2.75) is 13.3 Å². The average Bonchev–Trinajstić information content (AvgIpc) is 1.97. The van der Waals surface area contributed by atoms with Gasteiger partial charge in [-0.25, -0.2) is 0 Å². The number of ether oxygens (including phenoxy) is 1. The van der Waals surface area contributed by atoms with Crippen molar-refractivity contribution in [1.29, 1.82) is 0 Å². The van der Waals surface area contributed by atoms with Crippen LogP contribution in [0.1, 0.15) is 5.56 Å². The summed E-state index contributed by atoms with van der Waals surface area (Å²) in [5.74, 6) is -0.512. The van der Waals surface area contributed by atoms with E-state index in [9.17, 15) is 17.7 Å². The summed E-state index contributed by atoms with van der Waals surface area (Å²) >= 11 is 0. The number of rotatable bonds is 2. The van der Waals surface area contributed by atoms with E-state index in [-0.39, 0.29) is 10.9 Å². The van der Waals surface area contributed by atoms with Crippen LogP contribution in [0.25, 0.3) is 0 Å². The number of benzene rings is 1. The van der Waals surface area contributed by atoms with E-state index in [0.717, 1.165) is 18.2 Å². The molecule has 0 aliphatic rings. The average molecular weight is 256 g/mol. The Labute approximate surface area is 88.8 Å². The lowest BCUT2D eigenvalue weighted by molar-refractivity contribution is -0.274. The minimum Gasteiger partial charge on any atom is -0.406 e. The number of hydrogen-bond donors (Lipinski definition) is 2. The van der Waals surface area contributed by atoms with E-state index in [1.165, 1.54) is 6.92 Å².